The van der Waals surface area contributed by atoms with E-state index in [1.165, 1.54) is 0 Å². The van der Waals surface area contributed by atoms with E-state index in [0.29, 0.717) is 6.61 Å². The highest BCUT2D eigenvalue weighted by Gasteiger charge is 2.13. The molecule has 0 saturated carbocycles. The van der Waals surface area contributed by atoms with Gasteiger partial charge in [-0.1, -0.05) is 0 Å². The molecule has 3 rings (SSSR count). The number of ether oxygens (including phenoxy) is 3. The highest BCUT2D eigenvalue weighted by Crippen LogP contribution is 2.35. The summed E-state index contributed by atoms with van der Waals surface area (Å²) in [6.45, 7) is 0.766. The Kier molecular flexibility index (Phi) is 2.38. The molecule has 0 radical (unpaired) electrons. The van der Waals surface area contributed by atoms with Crippen LogP contribution < -0.4 is 14.2 Å². The fourth-order valence-corrected chi connectivity index (χ4v) is 1.96. The van der Waals surface area contributed by atoms with Crippen LogP contribution in [-0.4, -0.2) is 11.8 Å². The lowest BCUT2D eigenvalue weighted by molar-refractivity contribution is 0.173. The molecular formula is C11H9NO3S. The van der Waals surface area contributed by atoms with Crippen LogP contribution in [0.5, 0.6) is 17.2 Å². The van der Waals surface area contributed by atoms with Crippen LogP contribution in [0.1, 0.15) is 5.01 Å². The van der Waals surface area contributed by atoms with Gasteiger partial charge in [0.15, 0.2) is 11.5 Å². The minimum Gasteiger partial charge on any atom is -0.486 e. The van der Waals surface area contributed by atoms with E-state index >= 15 is 0 Å². The second-order valence-corrected chi connectivity index (χ2v) is 4.21. The van der Waals surface area contributed by atoms with Crippen LogP contribution in [-0.2, 0) is 6.61 Å². The summed E-state index contributed by atoms with van der Waals surface area (Å²) in [4.78, 5) is 4.14. The maximum Gasteiger partial charge on any atom is 0.231 e. The number of rotatable bonds is 3. The summed E-state index contributed by atoms with van der Waals surface area (Å²) in [6.07, 6.45) is 1.77. The van der Waals surface area contributed by atoms with Gasteiger partial charge in [-0.15, -0.1) is 11.3 Å². The molecule has 4 nitrogen and oxygen atoms in total. The zero-order chi connectivity index (χ0) is 10.8. The number of thiazole rings is 1. The van der Waals surface area contributed by atoms with Gasteiger partial charge in [-0.25, -0.2) is 4.98 Å². The van der Waals surface area contributed by atoms with E-state index in [4.69, 9.17) is 14.2 Å². The molecule has 0 atom stereocenters. The second-order valence-electron chi connectivity index (χ2n) is 3.23. The molecule has 16 heavy (non-hydrogen) atoms. The van der Waals surface area contributed by atoms with Crippen LogP contribution in [0.25, 0.3) is 0 Å². The molecule has 1 aromatic carbocycles. The van der Waals surface area contributed by atoms with E-state index in [2.05, 4.69) is 4.98 Å². The minimum atomic E-state index is 0.283. The molecule has 0 saturated heterocycles. The van der Waals surface area contributed by atoms with Gasteiger partial charge in [0.05, 0.1) is 0 Å². The van der Waals surface area contributed by atoms with Gasteiger partial charge < -0.3 is 14.2 Å². The van der Waals surface area contributed by atoms with Crippen LogP contribution in [0, 0.1) is 0 Å². The molecule has 1 aliphatic heterocycles. The van der Waals surface area contributed by atoms with Gasteiger partial charge >= 0.3 is 0 Å². The van der Waals surface area contributed by atoms with Gasteiger partial charge in [0.1, 0.15) is 17.4 Å². The average molecular weight is 235 g/mol. The summed E-state index contributed by atoms with van der Waals surface area (Å²) < 4.78 is 16.1. The molecule has 0 bridgehead atoms. The summed E-state index contributed by atoms with van der Waals surface area (Å²) in [6, 6.07) is 5.54. The number of hydrogen-bond donors (Lipinski definition) is 0. The lowest BCUT2D eigenvalue weighted by Gasteiger charge is -2.04. The Morgan fingerprint density at radius 2 is 2.25 bits per heavy atom. The van der Waals surface area contributed by atoms with Crippen molar-refractivity contribution in [2.45, 2.75) is 6.61 Å². The fraction of sp³-hybridized carbons (Fsp3) is 0.182. The van der Waals surface area contributed by atoms with Crippen molar-refractivity contribution in [2.75, 3.05) is 6.79 Å². The van der Waals surface area contributed by atoms with Crippen molar-refractivity contribution >= 4 is 11.3 Å². The van der Waals surface area contributed by atoms with E-state index in [-0.39, 0.29) is 6.79 Å². The Balaban J connectivity index is 1.71. The second kappa shape index (κ2) is 4.02. The van der Waals surface area contributed by atoms with Crippen molar-refractivity contribution < 1.29 is 14.2 Å². The van der Waals surface area contributed by atoms with Gasteiger partial charge in [0.25, 0.3) is 0 Å². The zero-order valence-electron chi connectivity index (χ0n) is 8.38. The molecule has 1 aliphatic rings. The predicted octanol–water partition coefficient (Wildman–Crippen LogP) is 2.45. The standard InChI is InChI=1S/C11H9NO3S/c1-2-9-10(15-7-14-9)5-8(1)13-6-11-12-3-4-16-11/h1-5H,6-7H2. The Bertz CT molecular complexity index is 484. The van der Waals surface area contributed by atoms with Gasteiger partial charge in [-0.3, -0.25) is 0 Å². The maximum absolute atomic E-state index is 5.59. The van der Waals surface area contributed by atoms with E-state index in [9.17, 15) is 0 Å². The van der Waals surface area contributed by atoms with Crippen molar-refractivity contribution in [2.24, 2.45) is 0 Å². The van der Waals surface area contributed by atoms with Crippen molar-refractivity contribution in [3.05, 3.63) is 34.8 Å². The summed E-state index contributed by atoms with van der Waals surface area (Å²) in [5.41, 5.74) is 0. The monoisotopic (exact) mass is 235 g/mol. The van der Waals surface area contributed by atoms with Crippen molar-refractivity contribution in [1.82, 2.24) is 4.98 Å². The quantitative estimate of drug-likeness (QED) is 0.819. The van der Waals surface area contributed by atoms with E-state index in [0.717, 1.165) is 22.3 Å². The van der Waals surface area contributed by atoms with Crippen molar-refractivity contribution in [3.63, 3.8) is 0 Å². The normalized spacial score (nSPS) is 12.8. The maximum atomic E-state index is 5.59. The van der Waals surface area contributed by atoms with Crippen molar-refractivity contribution in [1.29, 1.82) is 0 Å². The van der Waals surface area contributed by atoms with E-state index in [1.54, 1.807) is 17.5 Å². The smallest absolute Gasteiger partial charge is 0.231 e. The first kappa shape index (κ1) is 9.47. The van der Waals surface area contributed by atoms with Crippen LogP contribution >= 0.6 is 11.3 Å². The minimum absolute atomic E-state index is 0.283. The largest absolute Gasteiger partial charge is 0.486 e. The molecule has 0 N–H and O–H groups in total. The number of hydrogen-bond acceptors (Lipinski definition) is 5. The molecule has 2 aromatic rings. The number of benzene rings is 1. The topological polar surface area (TPSA) is 40.6 Å². The molecule has 2 heterocycles. The van der Waals surface area contributed by atoms with Crippen LogP contribution in [0.4, 0.5) is 0 Å². The van der Waals surface area contributed by atoms with Gasteiger partial charge in [0, 0.05) is 17.6 Å². The highest BCUT2D eigenvalue weighted by molar-refractivity contribution is 7.09. The molecular weight excluding hydrogens is 226 g/mol. The summed E-state index contributed by atoms with van der Waals surface area (Å²) in [7, 11) is 0. The van der Waals surface area contributed by atoms with E-state index in [1.807, 2.05) is 23.6 Å². The average Bonchev–Trinajstić information content (AvgIpc) is 2.97. The Morgan fingerprint density at radius 1 is 1.31 bits per heavy atom. The lowest BCUT2D eigenvalue weighted by Crippen LogP contribution is -1.94. The first-order valence-corrected chi connectivity index (χ1v) is 5.70. The molecule has 0 spiro atoms. The zero-order valence-corrected chi connectivity index (χ0v) is 9.20. The third-order valence-electron chi connectivity index (χ3n) is 2.19. The lowest BCUT2D eigenvalue weighted by atomic mass is 10.3. The summed E-state index contributed by atoms with van der Waals surface area (Å²) >= 11 is 1.58. The Morgan fingerprint density at radius 3 is 3.12 bits per heavy atom. The van der Waals surface area contributed by atoms with Crippen LogP contribution in [0.3, 0.4) is 0 Å². The first-order valence-electron chi connectivity index (χ1n) is 4.82. The number of aromatic nitrogens is 1. The third kappa shape index (κ3) is 1.81. The first-order chi connectivity index (χ1) is 7.92. The van der Waals surface area contributed by atoms with Gasteiger partial charge in [0.2, 0.25) is 6.79 Å². The SMILES string of the molecule is c1csc(COc2ccc3c(c2)OCO3)n1. The van der Waals surface area contributed by atoms with Gasteiger partial charge in [-0.05, 0) is 12.1 Å². The predicted molar refractivity (Wildman–Crippen MR) is 59.0 cm³/mol. The van der Waals surface area contributed by atoms with Crippen LogP contribution in [0.2, 0.25) is 0 Å². The van der Waals surface area contributed by atoms with Crippen LogP contribution in [0.15, 0.2) is 29.8 Å². The number of fused-ring (bicyclic) bond motifs is 1. The van der Waals surface area contributed by atoms with Gasteiger partial charge in [-0.2, -0.15) is 0 Å². The third-order valence-corrected chi connectivity index (χ3v) is 2.94. The van der Waals surface area contributed by atoms with Crippen molar-refractivity contribution in [3.8, 4) is 17.2 Å². The molecule has 1 aromatic heterocycles. The molecule has 82 valence electrons. The highest BCUT2D eigenvalue weighted by atomic mass is 32.1. The number of nitrogens with zero attached hydrogens (tertiary/aromatic N) is 1. The molecule has 0 unspecified atom stereocenters. The van der Waals surface area contributed by atoms with E-state index < -0.39 is 0 Å². The molecule has 5 heteroatoms. The molecule has 0 amide bonds. The summed E-state index contributed by atoms with van der Waals surface area (Å²) in [5.74, 6) is 2.26. The fourth-order valence-electron chi connectivity index (χ4n) is 1.44. The molecule has 0 fully saturated rings. The molecule has 0 aliphatic carbocycles. The summed E-state index contributed by atoms with van der Waals surface area (Å²) in [5, 5.41) is 2.89. The Hall–Kier alpha value is -1.75. The Labute approximate surface area is 96.4 Å².